The number of ether oxygens (including phenoxy) is 1. The van der Waals surface area contributed by atoms with Crippen molar-refractivity contribution in [3.05, 3.63) is 95.1 Å². The van der Waals surface area contributed by atoms with Gasteiger partial charge in [0.05, 0.1) is 16.1 Å². The van der Waals surface area contributed by atoms with Crippen LogP contribution in [0.1, 0.15) is 38.8 Å². The Hall–Kier alpha value is -3.45. The van der Waals surface area contributed by atoms with Crippen LogP contribution >= 0.6 is 0 Å². The third kappa shape index (κ3) is 5.06. The van der Waals surface area contributed by atoms with E-state index in [0.29, 0.717) is 11.3 Å². The standard InChI is InChI=1S/C25H25NO5S/c1-4-26(21-8-6-5-7-9-21)32(29,30)22-14-12-20(13-15-22)25(28)31-17-24(27)23-16-18(2)10-11-19(23)3/h5-16H,4,17H2,1-3H3. The van der Waals surface area contributed by atoms with Crippen LogP contribution < -0.4 is 4.31 Å². The third-order valence-electron chi connectivity index (χ3n) is 5.04. The fourth-order valence-corrected chi connectivity index (χ4v) is 4.78. The van der Waals surface area contributed by atoms with E-state index in [2.05, 4.69) is 0 Å². The second-order valence-electron chi connectivity index (χ2n) is 7.35. The van der Waals surface area contributed by atoms with Gasteiger partial charge in [-0.25, -0.2) is 13.2 Å². The quantitative estimate of drug-likeness (QED) is 0.371. The molecule has 3 aromatic rings. The molecule has 3 rings (SSSR count). The van der Waals surface area contributed by atoms with Crippen molar-refractivity contribution in [1.82, 2.24) is 0 Å². The van der Waals surface area contributed by atoms with Crippen molar-refractivity contribution in [1.29, 1.82) is 0 Å². The second kappa shape index (κ2) is 9.78. The van der Waals surface area contributed by atoms with Crippen LogP contribution in [-0.2, 0) is 14.8 Å². The summed E-state index contributed by atoms with van der Waals surface area (Å²) in [4.78, 5) is 24.9. The molecule has 0 bridgehead atoms. The van der Waals surface area contributed by atoms with E-state index in [1.165, 1.54) is 28.6 Å². The smallest absolute Gasteiger partial charge is 0.338 e. The minimum Gasteiger partial charge on any atom is -0.454 e. The van der Waals surface area contributed by atoms with Gasteiger partial charge >= 0.3 is 5.97 Å². The highest BCUT2D eigenvalue weighted by Crippen LogP contribution is 2.23. The van der Waals surface area contributed by atoms with E-state index in [1.807, 2.05) is 32.0 Å². The normalized spacial score (nSPS) is 11.1. The number of ketones is 1. The van der Waals surface area contributed by atoms with E-state index in [1.54, 1.807) is 37.3 Å². The predicted molar refractivity (Wildman–Crippen MR) is 124 cm³/mol. The van der Waals surface area contributed by atoms with Gasteiger partial charge in [-0.05, 0) is 68.8 Å². The van der Waals surface area contributed by atoms with E-state index < -0.39 is 16.0 Å². The lowest BCUT2D eigenvalue weighted by Gasteiger charge is -2.22. The number of hydrogen-bond acceptors (Lipinski definition) is 5. The third-order valence-corrected chi connectivity index (χ3v) is 6.95. The summed E-state index contributed by atoms with van der Waals surface area (Å²) in [5.41, 5.74) is 2.99. The average molecular weight is 452 g/mol. The van der Waals surface area contributed by atoms with Crippen molar-refractivity contribution in [2.75, 3.05) is 17.5 Å². The number of para-hydroxylation sites is 1. The molecule has 0 fully saturated rings. The highest BCUT2D eigenvalue weighted by Gasteiger charge is 2.24. The predicted octanol–water partition coefficient (Wildman–Crippen LogP) is 4.56. The Morgan fingerprint density at radius 1 is 0.906 bits per heavy atom. The molecule has 0 saturated heterocycles. The lowest BCUT2D eigenvalue weighted by molar-refractivity contribution is 0.0474. The highest BCUT2D eigenvalue weighted by molar-refractivity contribution is 7.92. The van der Waals surface area contributed by atoms with Crippen LogP contribution in [0.3, 0.4) is 0 Å². The molecule has 7 heteroatoms. The molecule has 32 heavy (non-hydrogen) atoms. The lowest BCUT2D eigenvalue weighted by Crippen LogP contribution is -2.30. The topological polar surface area (TPSA) is 80.8 Å². The van der Waals surface area contributed by atoms with Crippen LogP contribution in [0.5, 0.6) is 0 Å². The van der Waals surface area contributed by atoms with Crippen LogP contribution in [0.25, 0.3) is 0 Å². The van der Waals surface area contributed by atoms with Crippen molar-refractivity contribution in [2.24, 2.45) is 0 Å². The number of benzene rings is 3. The van der Waals surface area contributed by atoms with Gasteiger partial charge in [-0.2, -0.15) is 0 Å². The molecule has 0 aromatic heterocycles. The van der Waals surface area contributed by atoms with Crippen molar-refractivity contribution in [3.8, 4) is 0 Å². The zero-order valence-corrected chi connectivity index (χ0v) is 19.1. The molecule has 0 heterocycles. The Bertz CT molecular complexity index is 1220. The van der Waals surface area contributed by atoms with E-state index in [0.717, 1.165) is 11.1 Å². The van der Waals surface area contributed by atoms with Crippen molar-refractivity contribution in [2.45, 2.75) is 25.7 Å². The van der Waals surface area contributed by atoms with Gasteiger partial charge in [0.2, 0.25) is 5.78 Å². The molecule has 6 nitrogen and oxygen atoms in total. The van der Waals surface area contributed by atoms with E-state index in [4.69, 9.17) is 4.74 Å². The highest BCUT2D eigenvalue weighted by atomic mass is 32.2. The van der Waals surface area contributed by atoms with E-state index in [9.17, 15) is 18.0 Å². The first-order valence-electron chi connectivity index (χ1n) is 10.2. The fraction of sp³-hybridized carbons (Fsp3) is 0.200. The number of rotatable bonds is 8. The lowest BCUT2D eigenvalue weighted by atomic mass is 10.0. The number of carbonyl (C=O) groups is 2. The second-order valence-corrected chi connectivity index (χ2v) is 9.21. The molecule has 0 spiro atoms. The maximum atomic E-state index is 13.0. The Labute approximate surface area is 188 Å². The van der Waals surface area contributed by atoms with Crippen LogP contribution in [0.15, 0.2) is 77.7 Å². The van der Waals surface area contributed by atoms with Crippen molar-refractivity contribution < 1.29 is 22.7 Å². The maximum Gasteiger partial charge on any atom is 0.338 e. The zero-order valence-electron chi connectivity index (χ0n) is 18.2. The van der Waals surface area contributed by atoms with Gasteiger partial charge in [-0.15, -0.1) is 0 Å². The summed E-state index contributed by atoms with van der Waals surface area (Å²) in [6, 6.07) is 19.8. The SMILES string of the molecule is CCN(c1ccccc1)S(=O)(=O)c1ccc(C(=O)OCC(=O)c2cc(C)ccc2C)cc1. The first-order valence-corrected chi connectivity index (χ1v) is 11.6. The van der Waals surface area contributed by atoms with Crippen LogP contribution in [0.4, 0.5) is 5.69 Å². The summed E-state index contributed by atoms with van der Waals surface area (Å²) in [6.45, 7) is 5.33. The number of Topliss-reactive ketones (excluding diaryl/α,β-unsaturated/α-hetero) is 1. The number of sulfonamides is 1. The number of carbonyl (C=O) groups excluding carboxylic acids is 2. The van der Waals surface area contributed by atoms with Crippen LogP contribution in [0.2, 0.25) is 0 Å². The molecule has 166 valence electrons. The van der Waals surface area contributed by atoms with Crippen LogP contribution in [-0.4, -0.2) is 33.3 Å². The Kier molecular flexibility index (Phi) is 7.10. The minimum absolute atomic E-state index is 0.0613. The van der Waals surface area contributed by atoms with Gasteiger partial charge in [0.1, 0.15) is 0 Å². The molecule has 0 aliphatic rings. The Morgan fingerprint density at radius 3 is 2.19 bits per heavy atom. The van der Waals surface area contributed by atoms with Gasteiger partial charge in [-0.3, -0.25) is 9.10 Å². The van der Waals surface area contributed by atoms with Crippen molar-refractivity contribution in [3.63, 3.8) is 0 Å². The molecular weight excluding hydrogens is 426 g/mol. The zero-order chi connectivity index (χ0) is 23.3. The molecular formula is C25H25NO5S. The molecule has 3 aromatic carbocycles. The van der Waals surface area contributed by atoms with Gasteiger partial charge in [0.25, 0.3) is 10.0 Å². The van der Waals surface area contributed by atoms with E-state index in [-0.39, 0.29) is 29.4 Å². The summed E-state index contributed by atoms with van der Waals surface area (Å²) in [7, 11) is -3.79. The summed E-state index contributed by atoms with van der Waals surface area (Å²) < 4.78 is 32.5. The van der Waals surface area contributed by atoms with Gasteiger partial charge < -0.3 is 4.74 Å². The minimum atomic E-state index is -3.79. The Balaban J connectivity index is 1.71. The number of hydrogen-bond donors (Lipinski definition) is 0. The first-order chi connectivity index (χ1) is 15.2. The largest absolute Gasteiger partial charge is 0.454 e. The molecule has 0 unspecified atom stereocenters. The monoisotopic (exact) mass is 451 g/mol. The Morgan fingerprint density at radius 2 is 1.56 bits per heavy atom. The maximum absolute atomic E-state index is 13.0. The van der Waals surface area contributed by atoms with E-state index >= 15 is 0 Å². The van der Waals surface area contributed by atoms with Crippen LogP contribution in [0, 0.1) is 13.8 Å². The molecule has 0 saturated carbocycles. The molecule has 0 aliphatic heterocycles. The summed E-state index contributed by atoms with van der Waals surface area (Å²) in [5, 5.41) is 0. The number of anilines is 1. The summed E-state index contributed by atoms with van der Waals surface area (Å²) >= 11 is 0. The molecule has 0 amide bonds. The van der Waals surface area contributed by atoms with Gasteiger partial charge in [0, 0.05) is 12.1 Å². The summed E-state index contributed by atoms with van der Waals surface area (Å²) in [6.07, 6.45) is 0. The van der Waals surface area contributed by atoms with Gasteiger partial charge in [0.15, 0.2) is 6.61 Å². The molecule has 0 atom stereocenters. The number of esters is 1. The average Bonchev–Trinajstić information content (AvgIpc) is 2.80. The van der Waals surface area contributed by atoms with Gasteiger partial charge in [-0.1, -0.05) is 35.9 Å². The first kappa shape index (κ1) is 23.2. The molecule has 0 N–H and O–H groups in total. The van der Waals surface area contributed by atoms with Crippen molar-refractivity contribution >= 4 is 27.5 Å². The number of nitrogens with zero attached hydrogens (tertiary/aromatic N) is 1. The molecule has 0 aliphatic carbocycles. The number of aryl methyl sites for hydroxylation is 2. The molecule has 0 radical (unpaired) electrons. The fourth-order valence-electron chi connectivity index (χ4n) is 3.30. The summed E-state index contributed by atoms with van der Waals surface area (Å²) in [5.74, 6) is -0.983.